The maximum atomic E-state index is 12.2. The lowest BCUT2D eigenvalue weighted by atomic mass is 9.78. The summed E-state index contributed by atoms with van der Waals surface area (Å²) in [6, 6.07) is 7.84. The van der Waals surface area contributed by atoms with Crippen molar-refractivity contribution in [2.75, 3.05) is 11.4 Å². The van der Waals surface area contributed by atoms with Crippen molar-refractivity contribution >= 4 is 24.2 Å². The van der Waals surface area contributed by atoms with Crippen LogP contribution in [0.4, 0.5) is 5.69 Å². The third-order valence-electron chi connectivity index (χ3n) is 5.10. The van der Waals surface area contributed by atoms with Gasteiger partial charge in [0.05, 0.1) is 17.3 Å². The summed E-state index contributed by atoms with van der Waals surface area (Å²) < 4.78 is 12.2. The second kappa shape index (κ2) is 5.76. The Hall–Kier alpha value is -2.10. The number of carbonyl (C=O) groups excluding carboxylic acids is 1. The minimum atomic E-state index is -0.451. The molecular weight excluding hydrogens is 303 g/mol. The number of fused-ring (bicyclic) bond motifs is 1. The summed E-state index contributed by atoms with van der Waals surface area (Å²) >= 11 is 0. The highest BCUT2D eigenvalue weighted by Crippen LogP contribution is 2.37. The molecule has 0 atom stereocenters. The molecule has 0 bridgehead atoms. The van der Waals surface area contributed by atoms with Gasteiger partial charge in [-0.15, -0.1) is 0 Å². The fourth-order valence-corrected chi connectivity index (χ4v) is 2.95. The van der Waals surface area contributed by atoms with E-state index >= 15 is 0 Å². The largest absolute Gasteiger partial charge is 0.494 e. The van der Waals surface area contributed by atoms with E-state index in [0.29, 0.717) is 6.54 Å². The van der Waals surface area contributed by atoms with Crippen molar-refractivity contribution in [1.29, 1.82) is 5.26 Å². The van der Waals surface area contributed by atoms with Gasteiger partial charge in [-0.25, -0.2) is 0 Å². The number of nitrogens with zero attached hydrogens (tertiary/aromatic N) is 2. The molecular formula is C18H21BN2O3. The molecule has 0 N–H and O–H groups in total. The minimum absolute atomic E-state index is 0.179. The summed E-state index contributed by atoms with van der Waals surface area (Å²) in [4.78, 5) is 13.9. The number of rotatable bonds is 2. The van der Waals surface area contributed by atoms with Gasteiger partial charge < -0.3 is 14.2 Å². The normalized spacial score (nSPS) is 21.1. The Labute approximate surface area is 143 Å². The first-order chi connectivity index (χ1) is 11.2. The van der Waals surface area contributed by atoms with E-state index in [1.54, 1.807) is 4.90 Å². The summed E-state index contributed by atoms with van der Waals surface area (Å²) in [7, 11) is -0.451. The second-order valence-corrected chi connectivity index (χ2v) is 7.18. The molecule has 0 aliphatic carbocycles. The van der Waals surface area contributed by atoms with Crippen LogP contribution in [-0.2, 0) is 20.5 Å². The lowest BCUT2D eigenvalue weighted by Crippen LogP contribution is -2.41. The molecule has 1 saturated heterocycles. The molecule has 0 saturated carbocycles. The maximum Gasteiger partial charge on any atom is 0.494 e. The van der Waals surface area contributed by atoms with Crippen LogP contribution < -0.4 is 10.4 Å². The van der Waals surface area contributed by atoms with Crippen LogP contribution in [0.3, 0.4) is 0 Å². The first kappa shape index (κ1) is 16.8. The second-order valence-electron chi connectivity index (χ2n) is 7.18. The lowest BCUT2D eigenvalue weighted by Gasteiger charge is -2.32. The molecule has 2 aliphatic heterocycles. The Kier molecular flexibility index (Phi) is 4.02. The van der Waals surface area contributed by atoms with E-state index in [2.05, 4.69) is 0 Å². The van der Waals surface area contributed by atoms with Gasteiger partial charge in [0.1, 0.15) is 0 Å². The van der Waals surface area contributed by atoms with E-state index < -0.39 is 18.3 Å². The van der Waals surface area contributed by atoms with Gasteiger partial charge in [-0.1, -0.05) is 12.1 Å². The van der Waals surface area contributed by atoms with Crippen molar-refractivity contribution < 1.29 is 14.1 Å². The molecule has 0 radical (unpaired) electrons. The Morgan fingerprint density at radius 1 is 1.29 bits per heavy atom. The van der Waals surface area contributed by atoms with Crippen LogP contribution in [0.5, 0.6) is 0 Å². The quantitative estimate of drug-likeness (QED) is 0.474. The van der Waals surface area contributed by atoms with Crippen molar-refractivity contribution in [3.63, 3.8) is 0 Å². The van der Waals surface area contributed by atoms with Gasteiger partial charge in [0.2, 0.25) is 0 Å². The number of hydrogen-bond donors (Lipinski definition) is 0. The fraction of sp³-hybridized carbons (Fsp3) is 0.444. The molecule has 24 heavy (non-hydrogen) atoms. The van der Waals surface area contributed by atoms with Crippen LogP contribution in [0, 0.1) is 11.3 Å². The van der Waals surface area contributed by atoms with Crippen molar-refractivity contribution in [2.24, 2.45) is 0 Å². The molecule has 3 rings (SSSR count). The zero-order valence-electron chi connectivity index (χ0n) is 14.5. The first-order valence-electron chi connectivity index (χ1n) is 8.11. The molecule has 0 unspecified atom stereocenters. The van der Waals surface area contributed by atoms with Crippen LogP contribution >= 0.6 is 0 Å². The zero-order chi connectivity index (χ0) is 17.5. The zero-order valence-corrected chi connectivity index (χ0v) is 14.5. The van der Waals surface area contributed by atoms with Crippen molar-refractivity contribution in [2.45, 2.75) is 45.3 Å². The van der Waals surface area contributed by atoms with Crippen molar-refractivity contribution in [3.05, 3.63) is 35.9 Å². The Balaban J connectivity index is 1.89. The summed E-state index contributed by atoms with van der Waals surface area (Å²) in [6.07, 6.45) is 3.32. The standard InChI is InChI=1S/C18H21BN2O3/c1-17(2)18(3,4)24-19(23-17)14-8-7-13-9-11-21(15(13)12-14)16(22)6-5-10-20/h5-8,12H,9,11H2,1-4H3/b6-5+. The van der Waals surface area contributed by atoms with Gasteiger partial charge in [-0.3, -0.25) is 4.79 Å². The third kappa shape index (κ3) is 2.75. The SMILES string of the molecule is CC1(C)OB(c2ccc3c(c2)N(C(=O)/C=C/C#N)CC3)OC1(C)C. The molecule has 1 amide bonds. The van der Waals surface area contributed by atoms with Gasteiger partial charge >= 0.3 is 7.12 Å². The molecule has 2 heterocycles. The van der Waals surface area contributed by atoms with Crippen LogP contribution in [0.2, 0.25) is 0 Å². The van der Waals surface area contributed by atoms with Gasteiger partial charge in [0.15, 0.2) is 0 Å². The molecule has 6 heteroatoms. The molecule has 0 spiro atoms. The molecule has 0 aromatic heterocycles. The van der Waals surface area contributed by atoms with Crippen LogP contribution in [0.1, 0.15) is 33.3 Å². The topological polar surface area (TPSA) is 62.6 Å². The van der Waals surface area contributed by atoms with E-state index in [1.165, 1.54) is 12.2 Å². The molecule has 124 valence electrons. The Bertz CT molecular complexity index is 733. The molecule has 1 aromatic carbocycles. The van der Waals surface area contributed by atoms with Gasteiger partial charge in [-0.05, 0) is 51.2 Å². The number of anilines is 1. The third-order valence-corrected chi connectivity index (χ3v) is 5.10. The Morgan fingerprint density at radius 2 is 1.96 bits per heavy atom. The number of hydrogen-bond acceptors (Lipinski definition) is 4. The van der Waals surface area contributed by atoms with Crippen molar-refractivity contribution in [1.82, 2.24) is 0 Å². The monoisotopic (exact) mass is 324 g/mol. The maximum absolute atomic E-state index is 12.2. The highest BCUT2D eigenvalue weighted by atomic mass is 16.7. The highest BCUT2D eigenvalue weighted by molar-refractivity contribution is 6.62. The highest BCUT2D eigenvalue weighted by Gasteiger charge is 2.51. The van der Waals surface area contributed by atoms with E-state index in [-0.39, 0.29) is 5.91 Å². The van der Waals surface area contributed by atoms with Gasteiger partial charge in [0, 0.05) is 24.4 Å². The Morgan fingerprint density at radius 3 is 2.58 bits per heavy atom. The predicted molar refractivity (Wildman–Crippen MR) is 93.0 cm³/mol. The van der Waals surface area contributed by atoms with E-state index in [0.717, 1.165) is 23.1 Å². The average molecular weight is 324 g/mol. The minimum Gasteiger partial charge on any atom is -0.399 e. The molecule has 1 fully saturated rings. The molecule has 1 aromatic rings. The summed E-state index contributed by atoms with van der Waals surface area (Å²) in [5.41, 5.74) is 2.09. The van der Waals surface area contributed by atoms with Gasteiger partial charge in [-0.2, -0.15) is 5.26 Å². The number of carbonyl (C=O) groups is 1. The summed E-state index contributed by atoms with van der Waals surface area (Å²) in [5, 5.41) is 8.60. The van der Waals surface area contributed by atoms with Crippen LogP contribution in [-0.4, -0.2) is 30.8 Å². The number of benzene rings is 1. The summed E-state index contributed by atoms with van der Waals surface area (Å²) in [5.74, 6) is -0.179. The van der Waals surface area contributed by atoms with E-state index in [4.69, 9.17) is 14.6 Å². The first-order valence-corrected chi connectivity index (χ1v) is 8.11. The van der Waals surface area contributed by atoms with Gasteiger partial charge in [0.25, 0.3) is 5.91 Å². The smallest absolute Gasteiger partial charge is 0.399 e. The average Bonchev–Trinajstić information content (AvgIpc) is 3.02. The van der Waals surface area contributed by atoms with E-state index in [9.17, 15) is 4.79 Å². The van der Waals surface area contributed by atoms with E-state index in [1.807, 2.05) is 52.0 Å². The van der Waals surface area contributed by atoms with Crippen LogP contribution in [0.15, 0.2) is 30.4 Å². The number of amides is 1. The molecule has 5 nitrogen and oxygen atoms in total. The van der Waals surface area contributed by atoms with Crippen molar-refractivity contribution in [3.8, 4) is 6.07 Å². The lowest BCUT2D eigenvalue weighted by molar-refractivity contribution is -0.114. The van der Waals surface area contributed by atoms with Crippen LogP contribution in [0.25, 0.3) is 0 Å². The fourth-order valence-electron chi connectivity index (χ4n) is 2.95. The number of nitriles is 1. The predicted octanol–water partition coefficient (Wildman–Crippen LogP) is 1.95. The number of allylic oxidation sites excluding steroid dienone is 1. The summed E-state index contributed by atoms with van der Waals surface area (Å²) in [6.45, 7) is 8.69. The molecule has 2 aliphatic rings.